The molecule has 0 aliphatic carbocycles. The van der Waals surface area contributed by atoms with Crippen molar-refractivity contribution in [3.63, 3.8) is 0 Å². The summed E-state index contributed by atoms with van der Waals surface area (Å²) in [5, 5.41) is 0. The Kier molecular flexibility index (Phi) is 5.99. The van der Waals surface area contributed by atoms with E-state index in [4.69, 9.17) is 9.47 Å². The van der Waals surface area contributed by atoms with Crippen LogP contribution in [-0.4, -0.2) is 61.6 Å². The molecule has 0 bridgehead atoms. The lowest BCUT2D eigenvalue weighted by atomic mass is 9.91. The predicted octanol–water partition coefficient (Wildman–Crippen LogP) is 2.90. The van der Waals surface area contributed by atoms with Gasteiger partial charge in [0.05, 0.1) is 7.11 Å². The summed E-state index contributed by atoms with van der Waals surface area (Å²) in [5.41, 5.74) is -0.947. The van der Waals surface area contributed by atoms with Gasteiger partial charge < -0.3 is 19.3 Å². The summed E-state index contributed by atoms with van der Waals surface area (Å²) in [7, 11) is 5.78. The fourth-order valence-corrected chi connectivity index (χ4v) is 3.58. The first kappa shape index (κ1) is 19.6. The van der Waals surface area contributed by atoms with Gasteiger partial charge >= 0.3 is 0 Å². The van der Waals surface area contributed by atoms with E-state index in [1.807, 2.05) is 43.0 Å². The zero-order valence-electron chi connectivity index (χ0n) is 16.6. The molecule has 1 saturated heterocycles. The third kappa shape index (κ3) is 4.27. The normalized spacial score (nSPS) is 21.1. The number of benzene rings is 1. The van der Waals surface area contributed by atoms with E-state index < -0.39 is 5.60 Å². The Morgan fingerprint density at radius 3 is 2.28 bits per heavy atom. The van der Waals surface area contributed by atoms with Crippen molar-refractivity contribution < 1.29 is 14.3 Å². The van der Waals surface area contributed by atoms with Crippen molar-refractivity contribution in [3.05, 3.63) is 24.3 Å². The zero-order valence-corrected chi connectivity index (χ0v) is 16.6. The zero-order chi connectivity index (χ0) is 18.8. The Labute approximate surface area is 151 Å². The molecule has 5 nitrogen and oxygen atoms in total. The van der Waals surface area contributed by atoms with Crippen LogP contribution in [0.5, 0.6) is 11.5 Å². The number of likely N-dealkylation sites (N-methyl/N-ethyl adjacent to an activating group) is 1. The van der Waals surface area contributed by atoms with E-state index in [-0.39, 0.29) is 5.91 Å². The number of carbonyl (C=O) groups is 1. The molecule has 1 amide bonds. The van der Waals surface area contributed by atoms with Gasteiger partial charge in [0.1, 0.15) is 0 Å². The van der Waals surface area contributed by atoms with Crippen molar-refractivity contribution in [1.29, 1.82) is 0 Å². The van der Waals surface area contributed by atoms with Crippen LogP contribution in [0.25, 0.3) is 0 Å². The van der Waals surface area contributed by atoms with Gasteiger partial charge in [0.15, 0.2) is 17.1 Å². The summed E-state index contributed by atoms with van der Waals surface area (Å²) >= 11 is 0. The first-order valence-electron chi connectivity index (χ1n) is 8.95. The van der Waals surface area contributed by atoms with E-state index >= 15 is 0 Å². The Bertz CT molecular complexity index is 582. The molecule has 1 aliphatic heterocycles. The number of likely N-dealkylation sites (tertiary alicyclic amines) is 1. The average Bonchev–Trinajstić information content (AvgIpc) is 3.00. The number of amides is 1. The summed E-state index contributed by atoms with van der Waals surface area (Å²) in [4.78, 5) is 17.3. The number of hydrogen-bond donors (Lipinski definition) is 0. The first-order chi connectivity index (χ1) is 11.7. The van der Waals surface area contributed by atoms with Crippen LogP contribution in [0.1, 0.15) is 27.7 Å². The van der Waals surface area contributed by atoms with E-state index in [0.29, 0.717) is 29.4 Å². The number of ether oxygens (including phenoxy) is 2. The summed E-state index contributed by atoms with van der Waals surface area (Å²) in [6.07, 6.45) is 0. The van der Waals surface area contributed by atoms with E-state index in [1.54, 1.807) is 7.11 Å². The Morgan fingerprint density at radius 2 is 1.80 bits per heavy atom. The molecule has 0 aromatic heterocycles. The first-order valence-corrected chi connectivity index (χ1v) is 8.95. The van der Waals surface area contributed by atoms with Crippen LogP contribution >= 0.6 is 0 Å². The van der Waals surface area contributed by atoms with Crippen LogP contribution in [0.3, 0.4) is 0 Å². The van der Waals surface area contributed by atoms with Gasteiger partial charge in [0.25, 0.3) is 5.91 Å². The highest BCUT2D eigenvalue weighted by Gasteiger charge is 2.43. The van der Waals surface area contributed by atoms with E-state index in [0.717, 1.165) is 13.1 Å². The molecule has 0 saturated carbocycles. The minimum absolute atomic E-state index is 0.0217. The fourth-order valence-electron chi connectivity index (χ4n) is 3.58. The van der Waals surface area contributed by atoms with Crippen molar-refractivity contribution in [1.82, 2.24) is 9.80 Å². The third-order valence-corrected chi connectivity index (χ3v) is 5.09. The predicted molar refractivity (Wildman–Crippen MR) is 100 cm³/mol. The summed E-state index contributed by atoms with van der Waals surface area (Å²) in [6.45, 7) is 9.63. The summed E-state index contributed by atoms with van der Waals surface area (Å²) in [6, 6.07) is 7.81. The summed E-state index contributed by atoms with van der Waals surface area (Å²) < 4.78 is 11.4. The third-order valence-electron chi connectivity index (χ3n) is 5.09. The molecular formula is C20H32N2O3. The van der Waals surface area contributed by atoms with Gasteiger partial charge in [-0.05, 0) is 51.9 Å². The van der Waals surface area contributed by atoms with Crippen molar-refractivity contribution >= 4 is 5.91 Å². The topological polar surface area (TPSA) is 42.0 Å². The van der Waals surface area contributed by atoms with Gasteiger partial charge in [0.2, 0.25) is 0 Å². The monoisotopic (exact) mass is 348 g/mol. The molecule has 2 atom stereocenters. The molecule has 1 aliphatic rings. The van der Waals surface area contributed by atoms with Gasteiger partial charge in [-0.25, -0.2) is 0 Å². The Balaban J connectivity index is 2.15. The molecule has 25 heavy (non-hydrogen) atoms. The maximum Gasteiger partial charge on any atom is 0.266 e. The van der Waals surface area contributed by atoms with Crippen molar-refractivity contribution in [2.45, 2.75) is 39.3 Å². The van der Waals surface area contributed by atoms with E-state index in [2.05, 4.69) is 32.8 Å². The number of nitrogens with zero attached hydrogens (tertiary/aromatic N) is 2. The van der Waals surface area contributed by atoms with Crippen LogP contribution in [0, 0.1) is 11.8 Å². The lowest BCUT2D eigenvalue weighted by Crippen LogP contribution is -2.48. The average molecular weight is 348 g/mol. The minimum atomic E-state index is -0.947. The summed E-state index contributed by atoms with van der Waals surface area (Å²) in [5.74, 6) is 2.25. The quantitative estimate of drug-likeness (QED) is 0.793. The van der Waals surface area contributed by atoms with Gasteiger partial charge in [-0.15, -0.1) is 0 Å². The molecule has 0 radical (unpaired) electrons. The maximum atomic E-state index is 13.1. The largest absolute Gasteiger partial charge is 0.493 e. The SMILES string of the molecule is COc1ccccc1OC(C)(C)C(=O)N1C[C@@H](N(C)C)[C@H](C(C)C)C1. The highest BCUT2D eigenvalue weighted by molar-refractivity contribution is 5.85. The van der Waals surface area contributed by atoms with Gasteiger partial charge in [-0.3, -0.25) is 4.79 Å². The van der Waals surface area contributed by atoms with Crippen LogP contribution < -0.4 is 9.47 Å². The number of para-hydroxylation sites is 2. The molecule has 1 heterocycles. The lowest BCUT2D eigenvalue weighted by Gasteiger charge is -2.31. The van der Waals surface area contributed by atoms with Gasteiger partial charge in [0, 0.05) is 19.1 Å². The van der Waals surface area contributed by atoms with Crippen molar-refractivity contribution in [2.24, 2.45) is 11.8 Å². The molecule has 0 unspecified atom stereocenters. The van der Waals surface area contributed by atoms with Crippen LogP contribution in [-0.2, 0) is 4.79 Å². The van der Waals surface area contributed by atoms with Crippen LogP contribution in [0.4, 0.5) is 0 Å². The second-order valence-electron chi connectivity index (χ2n) is 7.91. The molecule has 0 spiro atoms. The second-order valence-corrected chi connectivity index (χ2v) is 7.91. The van der Waals surface area contributed by atoms with Crippen molar-refractivity contribution in [3.8, 4) is 11.5 Å². The molecule has 1 aromatic rings. The molecule has 5 heteroatoms. The standard InChI is InChI=1S/C20H32N2O3/c1-14(2)15-12-22(13-16(15)21(5)6)19(23)20(3,4)25-18-11-9-8-10-17(18)24-7/h8-11,14-16H,12-13H2,1-7H3/t15-,16+/m0/s1. The minimum Gasteiger partial charge on any atom is -0.493 e. The van der Waals surface area contributed by atoms with E-state index in [1.165, 1.54) is 0 Å². The highest BCUT2D eigenvalue weighted by atomic mass is 16.5. The molecule has 1 aromatic carbocycles. The maximum absolute atomic E-state index is 13.1. The van der Waals surface area contributed by atoms with Crippen LogP contribution in [0.15, 0.2) is 24.3 Å². The van der Waals surface area contributed by atoms with Gasteiger partial charge in [-0.2, -0.15) is 0 Å². The molecule has 0 N–H and O–H groups in total. The number of rotatable bonds is 6. The Morgan fingerprint density at radius 1 is 1.20 bits per heavy atom. The molecule has 1 fully saturated rings. The van der Waals surface area contributed by atoms with Crippen molar-refractivity contribution in [2.75, 3.05) is 34.3 Å². The fraction of sp³-hybridized carbons (Fsp3) is 0.650. The Hall–Kier alpha value is -1.75. The highest BCUT2D eigenvalue weighted by Crippen LogP contribution is 2.33. The van der Waals surface area contributed by atoms with Crippen LogP contribution in [0.2, 0.25) is 0 Å². The smallest absolute Gasteiger partial charge is 0.266 e. The molecular weight excluding hydrogens is 316 g/mol. The molecule has 2 rings (SSSR count). The van der Waals surface area contributed by atoms with Gasteiger partial charge in [-0.1, -0.05) is 26.0 Å². The molecule has 140 valence electrons. The number of methoxy groups -OCH3 is 1. The number of carbonyl (C=O) groups excluding carboxylic acids is 1. The second kappa shape index (κ2) is 7.65. The lowest BCUT2D eigenvalue weighted by molar-refractivity contribution is -0.144. The number of hydrogen-bond acceptors (Lipinski definition) is 4. The van der Waals surface area contributed by atoms with E-state index in [9.17, 15) is 4.79 Å².